The van der Waals surface area contributed by atoms with Crippen molar-refractivity contribution in [2.75, 3.05) is 26.6 Å². The van der Waals surface area contributed by atoms with Crippen molar-refractivity contribution in [3.05, 3.63) is 61.2 Å². The SMILES string of the molecule is COc1ccc(OP(=S)(OC[C@@]2(C(F)F)O[C@@H](n3cnc4c(N)ncnc43)[C@@H](O)C2(F)F)Oc2ccc(OC)cc2)cc1. The van der Waals surface area contributed by atoms with E-state index < -0.39 is 43.6 Å². The lowest BCUT2D eigenvalue weighted by atomic mass is 9.95. The standard InChI is InChI=1S/C25H24F4N5O7PS/c1-36-14-3-7-16(8-4-14)40-42(43,41-17-9-5-15(37-2)6-10-17)38-11-24(23(26)27)25(28,29)19(35)22(39-24)34-13-33-18-20(30)31-12-32-21(18)34/h3-10,12-13,19,22-23,35H,11H2,1-2H3,(H2,30,31,32)/t19-,22-,24+/m1/s1. The lowest BCUT2D eigenvalue weighted by Crippen LogP contribution is -2.57. The molecule has 0 unspecified atom stereocenters. The Morgan fingerprint density at radius 2 is 1.51 bits per heavy atom. The molecule has 0 saturated carbocycles. The first-order valence-corrected chi connectivity index (χ1v) is 14.9. The van der Waals surface area contributed by atoms with Crippen LogP contribution in [0.15, 0.2) is 61.2 Å². The number of fused-ring (bicyclic) bond motifs is 1. The molecule has 5 rings (SSSR count). The van der Waals surface area contributed by atoms with Gasteiger partial charge in [-0.05, 0) is 48.5 Å². The first-order valence-electron chi connectivity index (χ1n) is 12.3. The number of hydrogen-bond acceptors (Lipinski definition) is 12. The number of aliphatic hydroxyl groups is 1. The van der Waals surface area contributed by atoms with Crippen molar-refractivity contribution in [1.82, 2.24) is 19.5 Å². The number of nitrogens with two attached hydrogens (primary N) is 1. The smallest absolute Gasteiger partial charge is 0.435 e. The number of aromatic nitrogens is 4. The molecule has 4 aromatic rings. The Balaban J connectivity index is 1.48. The van der Waals surface area contributed by atoms with E-state index in [0.717, 1.165) is 17.2 Å². The van der Waals surface area contributed by atoms with Gasteiger partial charge in [0, 0.05) is 11.8 Å². The zero-order valence-electron chi connectivity index (χ0n) is 22.3. The molecule has 2 aromatic carbocycles. The predicted octanol–water partition coefficient (Wildman–Crippen LogP) is 4.35. The molecule has 3 N–H and O–H groups in total. The number of nitrogen functional groups attached to an aromatic ring is 1. The van der Waals surface area contributed by atoms with Crippen LogP contribution in [-0.2, 0) is 21.1 Å². The van der Waals surface area contributed by atoms with Gasteiger partial charge in [-0.2, -0.15) is 8.78 Å². The van der Waals surface area contributed by atoms with Crippen molar-refractivity contribution in [3.63, 3.8) is 0 Å². The van der Waals surface area contributed by atoms with Crippen LogP contribution in [-0.4, -0.2) is 69.5 Å². The van der Waals surface area contributed by atoms with Gasteiger partial charge in [0.05, 0.1) is 27.2 Å². The van der Waals surface area contributed by atoms with Crippen molar-refractivity contribution >= 4 is 35.5 Å². The summed E-state index contributed by atoms with van der Waals surface area (Å²) in [5, 5.41) is 10.6. The summed E-state index contributed by atoms with van der Waals surface area (Å²) in [6, 6.07) is 11.8. The number of anilines is 1. The minimum Gasteiger partial charge on any atom is -0.497 e. The molecule has 0 radical (unpaired) electrons. The van der Waals surface area contributed by atoms with Crippen LogP contribution < -0.4 is 24.3 Å². The molecule has 3 atom stereocenters. The Kier molecular flexibility index (Phi) is 8.37. The van der Waals surface area contributed by atoms with Gasteiger partial charge in [-0.15, -0.1) is 0 Å². The summed E-state index contributed by atoms with van der Waals surface area (Å²) in [5.74, 6) is -3.61. The number of benzene rings is 2. The summed E-state index contributed by atoms with van der Waals surface area (Å²) in [4.78, 5) is 11.6. The number of ether oxygens (including phenoxy) is 3. The Morgan fingerprint density at radius 1 is 0.977 bits per heavy atom. The molecule has 2 aromatic heterocycles. The highest BCUT2D eigenvalue weighted by Gasteiger charge is 2.74. The van der Waals surface area contributed by atoms with Gasteiger partial charge in [-0.1, -0.05) is 0 Å². The van der Waals surface area contributed by atoms with Crippen LogP contribution in [0.3, 0.4) is 0 Å². The van der Waals surface area contributed by atoms with Gasteiger partial charge in [0.15, 0.2) is 23.8 Å². The number of methoxy groups -OCH3 is 2. The van der Waals surface area contributed by atoms with E-state index in [9.17, 15) is 13.9 Å². The third-order valence-electron chi connectivity index (χ3n) is 6.54. The van der Waals surface area contributed by atoms with Crippen molar-refractivity contribution in [3.8, 4) is 23.0 Å². The number of hydrogen-bond donors (Lipinski definition) is 2. The Morgan fingerprint density at radius 3 is 2.02 bits per heavy atom. The van der Waals surface area contributed by atoms with Gasteiger partial charge in [0.25, 0.3) is 6.43 Å². The lowest BCUT2D eigenvalue weighted by Gasteiger charge is -2.34. The fraction of sp³-hybridized carbons (Fsp3) is 0.320. The summed E-state index contributed by atoms with van der Waals surface area (Å²) in [6.45, 7) is -5.72. The maximum atomic E-state index is 15.7. The zero-order valence-corrected chi connectivity index (χ0v) is 24.1. The highest BCUT2D eigenvalue weighted by atomic mass is 32.5. The minimum absolute atomic E-state index is 0.0105. The highest BCUT2D eigenvalue weighted by Crippen LogP contribution is 2.56. The normalized spacial score (nSPS) is 21.7. The van der Waals surface area contributed by atoms with E-state index in [1.54, 1.807) is 0 Å². The molecule has 12 nitrogen and oxygen atoms in total. The molecule has 0 spiro atoms. The third kappa shape index (κ3) is 5.65. The average Bonchev–Trinajstić information content (AvgIpc) is 3.50. The average molecular weight is 646 g/mol. The number of nitrogens with zero attached hydrogens (tertiary/aromatic N) is 4. The molecule has 1 fully saturated rings. The van der Waals surface area contributed by atoms with Crippen molar-refractivity contribution < 1.29 is 50.5 Å². The molecule has 1 aliphatic rings. The maximum absolute atomic E-state index is 15.7. The topological polar surface area (TPSA) is 145 Å². The molecule has 18 heteroatoms. The van der Waals surface area contributed by atoms with Gasteiger partial charge < -0.3 is 34.1 Å². The van der Waals surface area contributed by atoms with E-state index >= 15 is 8.78 Å². The second-order valence-electron chi connectivity index (χ2n) is 9.10. The van der Waals surface area contributed by atoms with Crippen molar-refractivity contribution in [2.45, 2.75) is 30.3 Å². The first-order chi connectivity index (χ1) is 20.4. The number of halogens is 4. The second-order valence-corrected chi connectivity index (χ2v) is 12.0. The molecule has 230 valence electrons. The Labute approximate surface area is 246 Å². The lowest BCUT2D eigenvalue weighted by molar-refractivity contribution is -0.241. The van der Waals surface area contributed by atoms with Gasteiger partial charge in [-0.25, -0.2) is 23.7 Å². The van der Waals surface area contributed by atoms with Crippen LogP contribution in [0.25, 0.3) is 11.2 Å². The number of rotatable bonds is 11. The zero-order chi connectivity index (χ0) is 31.0. The van der Waals surface area contributed by atoms with Crippen molar-refractivity contribution in [2.24, 2.45) is 0 Å². The fourth-order valence-electron chi connectivity index (χ4n) is 4.22. The van der Waals surface area contributed by atoms with E-state index in [0.29, 0.717) is 11.5 Å². The van der Waals surface area contributed by atoms with Crippen LogP contribution in [0.4, 0.5) is 23.4 Å². The molecule has 1 saturated heterocycles. The first kappa shape index (κ1) is 30.7. The fourth-order valence-corrected chi connectivity index (χ4v) is 6.15. The summed E-state index contributed by atoms with van der Waals surface area (Å²) in [7, 11) is 2.88. The van der Waals surface area contributed by atoms with Crippen LogP contribution in [0, 0.1) is 0 Å². The monoisotopic (exact) mass is 645 g/mol. The summed E-state index contributed by atoms with van der Waals surface area (Å²) < 4.78 is 94.0. The van der Waals surface area contributed by atoms with E-state index in [2.05, 4.69) is 15.0 Å². The van der Waals surface area contributed by atoms with Crippen LogP contribution in [0.1, 0.15) is 6.23 Å². The van der Waals surface area contributed by atoms with E-state index in [4.69, 9.17) is 45.3 Å². The molecule has 1 aliphatic heterocycles. The van der Waals surface area contributed by atoms with Crippen LogP contribution in [0.5, 0.6) is 23.0 Å². The van der Waals surface area contributed by atoms with Crippen LogP contribution >= 0.6 is 6.72 Å². The number of imidazole rings is 1. The summed E-state index contributed by atoms with van der Waals surface area (Å²) >= 11 is 5.48. The van der Waals surface area contributed by atoms with Gasteiger partial charge >= 0.3 is 12.6 Å². The molecule has 0 amide bonds. The summed E-state index contributed by atoms with van der Waals surface area (Å²) in [6.07, 6.45) is -6.77. The number of alkyl halides is 4. The Hall–Kier alpha value is -3.76. The molecule has 43 heavy (non-hydrogen) atoms. The van der Waals surface area contributed by atoms with Crippen molar-refractivity contribution in [1.29, 1.82) is 0 Å². The Bertz CT molecular complexity index is 1580. The van der Waals surface area contributed by atoms with E-state index in [1.807, 2.05) is 0 Å². The van der Waals surface area contributed by atoms with E-state index in [1.165, 1.54) is 62.8 Å². The summed E-state index contributed by atoms with van der Waals surface area (Å²) in [5.41, 5.74) is 1.90. The van der Waals surface area contributed by atoms with Crippen LogP contribution in [0.2, 0.25) is 0 Å². The largest absolute Gasteiger partial charge is 0.497 e. The second kappa shape index (κ2) is 11.7. The van der Waals surface area contributed by atoms with Gasteiger partial charge in [-0.3, -0.25) is 9.09 Å². The predicted molar refractivity (Wildman–Crippen MR) is 147 cm³/mol. The maximum Gasteiger partial charge on any atom is 0.435 e. The highest BCUT2D eigenvalue weighted by molar-refractivity contribution is 8.07. The van der Waals surface area contributed by atoms with Gasteiger partial charge in [0.2, 0.25) is 5.60 Å². The molecular formula is C25H24F4N5O7PS. The van der Waals surface area contributed by atoms with Gasteiger partial charge in [0.1, 0.15) is 34.8 Å². The quantitative estimate of drug-likeness (QED) is 0.177. The molecule has 3 heterocycles. The van der Waals surface area contributed by atoms with E-state index in [-0.39, 0.29) is 28.5 Å². The number of aliphatic hydroxyl groups excluding tert-OH is 1. The molecule has 0 bridgehead atoms. The minimum atomic E-state index is -4.58. The molecular weight excluding hydrogens is 621 g/mol. The third-order valence-corrected chi connectivity index (χ3v) is 8.62. The molecule has 0 aliphatic carbocycles.